The molecule has 0 bridgehead atoms. The number of hydrogen-bond donors (Lipinski definition) is 3. The lowest BCUT2D eigenvalue weighted by atomic mass is 9.93. The van der Waals surface area contributed by atoms with Gasteiger partial charge in [0.2, 0.25) is 0 Å². The Morgan fingerprint density at radius 3 is 2.69 bits per heavy atom. The molecule has 2 atom stereocenters. The second-order valence-corrected chi connectivity index (χ2v) is 6.81. The summed E-state index contributed by atoms with van der Waals surface area (Å²) < 4.78 is 20.3. The number of hydrogen-bond acceptors (Lipinski definition) is 6. The molecule has 1 aromatic carbocycles. The summed E-state index contributed by atoms with van der Waals surface area (Å²) in [4.78, 5) is 17.0. The van der Waals surface area contributed by atoms with Crippen molar-refractivity contribution in [3.8, 4) is 5.75 Å². The first-order valence-corrected chi connectivity index (χ1v) is 8.95. The lowest BCUT2D eigenvalue weighted by molar-refractivity contribution is 0.410. The SMILES string of the molecule is COc1ccc2c(c1)C(N)(c1cn(C)cn1)NC(=N[C@@H](C)c1ncc(F)cn1)N2. The fraction of sp³-hybridized carbons (Fsp3) is 0.263. The average molecular weight is 396 g/mol. The summed E-state index contributed by atoms with van der Waals surface area (Å²) in [6.07, 6.45) is 5.75. The van der Waals surface area contributed by atoms with Crippen molar-refractivity contribution in [1.82, 2.24) is 24.8 Å². The van der Waals surface area contributed by atoms with Gasteiger partial charge in [-0.1, -0.05) is 0 Å². The van der Waals surface area contributed by atoms with Gasteiger partial charge >= 0.3 is 0 Å². The molecule has 4 rings (SSSR count). The normalized spacial score (nSPS) is 20.5. The van der Waals surface area contributed by atoms with Gasteiger partial charge in [-0.3, -0.25) is 5.73 Å². The molecule has 1 unspecified atom stereocenters. The number of nitrogens with zero attached hydrogens (tertiary/aromatic N) is 5. The van der Waals surface area contributed by atoms with Crippen molar-refractivity contribution >= 4 is 11.6 Å². The number of halogens is 1. The number of aliphatic imine (C=N–C) groups is 1. The van der Waals surface area contributed by atoms with Gasteiger partial charge in [-0.2, -0.15) is 0 Å². The van der Waals surface area contributed by atoms with Crippen LogP contribution in [0.15, 0.2) is 48.1 Å². The lowest BCUT2D eigenvalue weighted by Gasteiger charge is -2.37. The molecular weight excluding hydrogens is 375 g/mol. The summed E-state index contributed by atoms with van der Waals surface area (Å²) in [5.74, 6) is 0.993. The molecule has 1 aliphatic rings. The molecule has 0 spiro atoms. The van der Waals surface area contributed by atoms with Crippen LogP contribution in [-0.2, 0) is 12.7 Å². The third-order valence-electron chi connectivity index (χ3n) is 4.67. The van der Waals surface area contributed by atoms with E-state index < -0.39 is 17.5 Å². The quantitative estimate of drug-likeness (QED) is 0.614. The Hall–Kier alpha value is -3.53. The second-order valence-electron chi connectivity index (χ2n) is 6.81. The predicted molar refractivity (Wildman–Crippen MR) is 106 cm³/mol. The first kappa shape index (κ1) is 18.8. The number of methoxy groups -OCH3 is 1. The van der Waals surface area contributed by atoms with Crippen LogP contribution >= 0.6 is 0 Å². The van der Waals surface area contributed by atoms with Crippen LogP contribution < -0.4 is 21.1 Å². The van der Waals surface area contributed by atoms with Gasteiger partial charge in [0.05, 0.1) is 25.8 Å². The second kappa shape index (κ2) is 7.13. The number of anilines is 1. The van der Waals surface area contributed by atoms with Crippen LogP contribution in [-0.4, -0.2) is 32.6 Å². The van der Waals surface area contributed by atoms with Gasteiger partial charge in [0, 0.05) is 24.5 Å². The van der Waals surface area contributed by atoms with E-state index in [4.69, 9.17) is 10.5 Å². The molecule has 9 nitrogen and oxygen atoms in total. The van der Waals surface area contributed by atoms with Gasteiger partial charge in [-0.05, 0) is 25.1 Å². The molecule has 0 saturated carbocycles. The number of nitrogens with one attached hydrogen (secondary N) is 2. The molecule has 0 aliphatic carbocycles. The first-order chi connectivity index (χ1) is 13.9. The molecule has 3 aromatic rings. The van der Waals surface area contributed by atoms with Crippen LogP contribution in [0.4, 0.5) is 10.1 Å². The minimum Gasteiger partial charge on any atom is -0.497 e. The number of nitrogens with two attached hydrogens (primary N) is 1. The Morgan fingerprint density at radius 1 is 1.28 bits per heavy atom. The van der Waals surface area contributed by atoms with Gasteiger partial charge in [0.25, 0.3) is 0 Å². The number of ether oxygens (including phenoxy) is 1. The molecule has 150 valence electrons. The Labute approximate surface area is 166 Å². The van der Waals surface area contributed by atoms with Crippen molar-refractivity contribution in [3.05, 3.63) is 66.0 Å². The monoisotopic (exact) mass is 396 g/mol. The third kappa shape index (κ3) is 3.49. The number of benzene rings is 1. The maximum absolute atomic E-state index is 13.1. The standard InChI is InChI=1S/C19H21FN8O/c1-11(17-22-7-12(20)8-23-17)25-18-26-15-5-4-13(29-3)6-14(15)19(21,27-18)16-9-28(2)10-24-16/h4-11H,21H2,1-3H3,(H2,25,26,27)/t11-,19?/m0/s1. The number of rotatable bonds is 4. The predicted octanol–water partition coefficient (Wildman–Crippen LogP) is 1.65. The molecule has 4 N–H and O–H groups in total. The zero-order chi connectivity index (χ0) is 20.6. The van der Waals surface area contributed by atoms with E-state index in [0.717, 1.165) is 23.6 Å². The van der Waals surface area contributed by atoms with Crippen LogP contribution in [0.2, 0.25) is 0 Å². The van der Waals surface area contributed by atoms with E-state index in [-0.39, 0.29) is 0 Å². The Kier molecular flexibility index (Phi) is 4.63. The highest BCUT2D eigenvalue weighted by molar-refractivity contribution is 5.98. The highest BCUT2D eigenvalue weighted by atomic mass is 19.1. The van der Waals surface area contributed by atoms with Crippen LogP contribution in [0.3, 0.4) is 0 Å². The Balaban J connectivity index is 1.76. The molecule has 0 fully saturated rings. The highest BCUT2D eigenvalue weighted by Crippen LogP contribution is 2.35. The number of aryl methyl sites for hydroxylation is 1. The molecule has 0 saturated heterocycles. The molecular formula is C19H21FN8O. The van der Waals surface area contributed by atoms with Gasteiger partial charge in [0.15, 0.2) is 23.3 Å². The van der Waals surface area contributed by atoms with E-state index in [9.17, 15) is 4.39 Å². The molecule has 29 heavy (non-hydrogen) atoms. The summed E-state index contributed by atoms with van der Waals surface area (Å²) in [6.45, 7) is 1.81. The summed E-state index contributed by atoms with van der Waals surface area (Å²) in [7, 11) is 3.47. The minimum absolute atomic E-state index is 0.392. The summed E-state index contributed by atoms with van der Waals surface area (Å²) in [5, 5.41) is 6.47. The van der Waals surface area contributed by atoms with E-state index in [1.807, 2.05) is 42.9 Å². The largest absolute Gasteiger partial charge is 0.497 e. The number of guanidine groups is 1. The zero-order valence-corrected chi connectivity index (χ0v) is 16.2. The smallest absolute Gasteiger partial charge is 0.198 e. The average Bonchev–Trinajstić information content (AvgIpc) is 3.15. The van der Waals surface area contributed by atoms with E-state index in [1.54, 1.807) is 13.4 Å². The zero-order valence-electron chi connectivity index (χ0n) is 16.2. The molecule has 0 radical (unpaired) electrons. The van der Waals surface area contributed by atoms with Crippen molar-refractivity contribution in [2.75, 3.05) is 12.4 Å². The number of aromatic nitrogens is 4. The topological polar surface area (TPSA) is 115 Å². The third-order valence-corrected chi connectivity index (χ3v) is 4.67. The van der Waals surface area contributed by atoms with Crippen molar-refractivity contribution in [2.24, 2.45) is 17.8 Å². The van der Waals surface area contributed by atoms with E-state index in [0.29, 0.717) is 23.2 Å². The fourth-order valence-corrected chi connectivity index (χ4v) is 3.17. The van der Waals surface area contributed by atoms with E-state index >= 15 is 0 Å². The molecule has 0 amide bonds. The summed E-state index contributed by atoms with van der Waals surface area (Å²) in [6, 6.07) is 5.13. The Morgan fingerprint density at radius 2 is 2.03 bits per heavy atom. The van der Waals surface area contributed by atoms with Crippen molar-refractivity contribution in [3.63, 3.8) is 0 Å². The van der Waals surface area contributed by atoms with Gasteiger partial charge in [-0.25, -0.2) is 24.3 Å². The Bertz CT molecular complexity index is 1060. The fourth-order valence-electron chi connectivity index (χ4n) is 3.17. The van der Waals surface area contributed by atoms with Crippen LogP contribution in [0.1, 0.15) is 30.0 Å². The molecule has 10 heteroatoms. The lowest BCUT2D eigenvalue weighted by Crippen LogP contribution is -2.59. The molecule has 3 heterocycles. The van der Waals surface area contributed by atoms with Crippen LogP contribution in [0, 0.1) is 5.82 Å². The number of imidazole rings is 1. The minimum atomic E-state index is -1.14. The van der Waals surface area contributed by atoms with Crippen molar-refractivity contribution < 1.29 is 9.13 Å². The van der Waals surface area contributed by atoms with Crippen molar-refractivity contribution in [1.29, 1.82) is 0 Å². The van der Waals surface area contributed by atoms with Gasteiger partial charge < -0.3 is 19.9 Å². The van der Waals surface area contributed by atoms with Crippen molar-refractivity contribution in [2.45, 2.75) is 18.6 Å². The van der Waals surface area contributed by atoms with Crippen LogP contribution in [0.5, 0.6) is 5.75 Å². The maximum Gasteiger partial charge on any atom is 0.198 e. The van der Waals surface area contributed by atoms with Crippen LogP contribution in [0.25, 0.3) is 0 Å². The van der Waals surface area contributed by atoms with Gasteiger partial charge in [0.1, 0.15) is 17.5 Å². The molecule has 1 aliphatic heterocycles. The summed E-state index contributed by atoms with van der Waals surface area (Å²) in [5.41, 5.74) is 7.82. The maximum atomic E-state index is 13.1. The van der Waals surface area contributed by atoms with E-state index in [1.165, 1.54) is 0 Å². The molecule has 2 aromatic heterocycles. The van der Waals surface area contributed by atoms with Gasteiger partial charge in [-0.15, -0.1) is 0 Å². The van der Waals surface area contributed by atoms with E-state index in [2.05, 4.69) is 30.6 Å². The number of fused-ring (bicyclic) bond motifs is 1. The first-order valence-electron chi connectivity index (χ1n) is 8.95. The summed E-state index contributed by atoms with van der Waals surface area (Å²) >= 11 is 0. The highest BCUT2D eigenvalue weighted by Gasteiger charge is 2.39.